The molecule has 118 valence electrons. The fourth-order valence-corrected chi connectivity index (χ4v) is 2.26. The Labute approximate surface area is 128 Å². The van der Waals surface area contributed by atoms with Crippen LogP contribution in [0.5, 0.6) is 0 Å². The van der Waals surface area contributed by atoms with Gasteiger partial charge in [-0.25, -0.2) is 4.39 Å². The molecule has 22 heavy (non-hydrogen) atoms. The van der Waals surface area contributed by atoms with Gasteiger partial charge < -0.3 is 9.84 Å². The van der Waals surface area contributed by atoms with Crippen molar-refractivity contribution in [1.29, 1.82) is 0 Å². The molecule has 5 nitrogen and oxygen atoms in total. The highest BCUT2D eigenvalue weighted by molar-refractivity contribution is 5.67. The quantitative estimate of drug-likeness (QED) is 0.799. The Morgan fingerprint density at radius 1 is 1.41 bits per heavy atom. The van der Waals surface area contributed by atoms with E-state index in [0.29, 0.717) is 24.3 Å². The smallest absolute Gasteiger partial charge is 0.325 e. The van der Waals surface area contributed by atoms with Crippen molar-refractivity contribution < 1.29 is 19.0 Å². The van der Waals surface area contributed by atoms with Crippen LogP contribution in [0.25, 0.3) is 11.3 Å². The summed E-state index contributed by atoms with van der Waals surface area (Å²) in [5.41, 5.74) is 2.79. The lowest BCUT2D eigenvalue weighted by atomic mass is 10.1. The molecular formula is C16H19FN2O3. The molecule has 0 saturated carbocycles. The minimum absolute atomic E-state index is 0.192. The van der Waals surface area contributed by atoms with Gasteiger partial charge in [0.15, 0.2) is 0 Å². The zero-order valence-corrected chi connectivity index (χ0v) is 12.7. The Morgan fingerprint density at radius 3 is 2.82 bits per heavy atom. The third-order valence-electron chi connectivity index (χ3n) is 3.38. The zero-order valence-electron chi connectivity index (χ0n) is 12.7. The molecule has 0 bridgehead atoms. The Bertz CT molecular complexity index is 667. The Hall–Kier alpha value is -2.21. The van der Waals surface area contributed by atoms with Crippen LogP contribution in [-0.2, 0) is 22.5 Å². The van der Waals surface area contributed by atoms with E-state index in [0.717, 1.165) is 17.7 Å². The highest BCUT2D eigenvalue weighted by atomic mass is 19.1. The molecule has 1 heterocycles. The van der Waals surface area contributed by atoms with Gasteiger partial charge in [0, 0.05) is 25.0 Å². The second-order valence-electron chi connectivity index (χ2n) is 5.13. The highest BCUT2D eigenvalue weighted by Crippen LogP contribution is 2.22. The fourth-order valence-electron chi connectivity index (χ4n) is 2.26. The van der Waals surface area contributed by atoms with Gasteiger partial charge in [0.25, 0.3) is 0 Å². The molecule has 0 aliphatic carbocycles. The van der Waals surface area contributed by atoms with E-state index in [1.165, 1.54) is 10.7 Å². The number of benzene rings is 1. The summed E-state index contributed by atoms with van der Waals surface area (Å²) in [4.78, 5) is 11.0. The van der Waals surface area contributed by atoms with Crippen molar-refractivity contribution in [3.05, 3.63) is 41.3 Å². The van der Waals surface area contributed by atoms with E-state index in [2.05, 4.69) is 5.10 Å². The number of rotatable bonds is 7. The number of halogens is 1. The van der Waals surface area contributed by atoms with Crippen LogP contribution in [-0.4, -0.2) is 34.6 Å². The van der Waals surface area contributed by atoms with Crippen LogP contribution < -0.4 is 0 Å². The summed E-state index contributed by atoms with van der Waals surface area (Å²) in [6.07, 6.45) is 1.46. The minimum atomic E-state index is -0.946. The number of ether oxygens (including phenoxy) is 1. The predicted molar refractivity (Wildman–Crippen MR) is 80.2 cm³/mol. The number of nitrogens with zero attached hydrogens (tertiary/aromatic N) is 2. The normalized spacial score (nSPS) is 10.9. The van der Waals surface area contributed by atoms with E-state index in [-0.39, 0.29) is 12.4 Å². The molecule has 1 N–H and O–H groups in total. The number of aryl methyl sites for hydroxylation is 2. The van der Waals surface area contributed by atoms with Gasteiger partial charge in [-0.3, -0.25) is 9.48 Å². The SMILES string of the molecule is COCCCc1cc(-c2ccc(F)c(C)c2)nn1CC(=O)O. The van der Waals surface area contributed by atoms with Gasteiger partial charge in [0.1, 0.15) is 12.4 Å². The largest absolute Gasteiger partial charge is 0.480 e. The molecule has 2 aromatic rings. The summed E-state index contributed by atoms with van der Waals surface area (Å²) >= 11 is 0. The summed E-state index contributed by atoms with van der Waals surface area (Å²) in [5.74, 6) is -1.22. The molecule has 0 spiro atoms. The maximum Gasteiger partial charge on any atom is 0.325 e. The summed E-state index contributed by atoms with van der Waals surface area (Å²) in [6, 6.07) is 6.60. The average Bonchev–Trinajstić information content (AvgIpc) is 2.84. The van der Waals surface area contributed by atoms with E-state index in [1.807, 2.05) is 6.07 Å². The van der Waals surface area contributed by atoms with Crippen molar-refractivity contribution in [3.63, 3.8) is 0 Å². The van der Waals surface area contributed by atoms with Gasteiger partial charge >= 0.3 is 5.97 Å². The molecule has 0 radical (unpaired) electrons. The Balaban J connectivity index is 2.31. The van der Waals surface area contributed by atoms with Gasteiger partial charge in [-0.15, -0.1) is 0 Å². The third kappa shape index (κ3) is 3.92. The van der Waals surface area contributed by atoms with Crippen molar-refractivity contribution in [2.75, 3.05) is 13.7 Å². The van der Waals surface area contributed by atoms with Crippen molar-refractivity contribution in [3.8, 4) is 11.3 Å². The van der Waals surface area contributed by atoms with Gasteiger partial charge in [0.2, 0.25) is 0 Å². The van der Waals surface area contributed by atoms with Crippen molar-refractivity contribution in [2.45, 2.75) is 26.3 Å². The molecule has 0 aliphatic heterocycles. The van der Waals surface area contributed by atoms with E-state index >= 15 is 0 Å². The topological polar surface area (TPSA) is 64.4 Å². The molecule has 1 aromatic heterocycles. The lowest BCUT2D eigenvalue weighted by Crippen LogP contribution is -2.13. The van der Waals surface area contributed by atoms with Crippen molar-refractivity contribution in [1.82, 2.24) is 9.78 Å². The average molecular weight is 306 g/mol. The lowest BCUT2D eigenvalue weighted by molar-refractivity contribution is -0.137. The summed E-state index contributed by atoms with van der Waals surface area (Å²) in [6.45, 7) is 2.10. The summed E-state index contributed by atoms with van der Waals surface area (Å²) in [5, 5.41) is 13.3. The fraction of sp³-hybridized carbons (Fsp3) is 0.375. The van der Waals surface area contributed by atoms with Crippen molar-refractivity contribution >= 4 is 5.97 Å². The van der Waals surface area contributed by atoms with E-state index in [9.17, 15) is 9.18 Å². The van der Waals surface area contributed by atoms with Gasteiger partial charge in [-0.05, 0) is 49.6 Å². The first-order chi connectivity index (χ1) is 10.5. The molecule has 0 unspecified atom stereocenters. The molecule has 0 atom stereocenters. The molecule has 0 fully saturated rings. The van der Waals surface area contributed by atoms with Crippen LogP contribution in [0.2, 0.25) is 0 Å². The molecule has 0 aliphatic rings. The van der Waals surface area contributed by atoms with E-state index in [1.54, 1.807) is 26.2 Å². The summed E-state index contributed by atoms with van der Waals surface area (Å²) < 4.78 is 19.9. The number of hydrogen-bond acceptors (Lipinski definition) is 3. The van der Waals surface area contributed by atoms with Gasteiger partial charge in [-0.2, -0.15) is 5.10 Å². The van der Waals surface area contributed by atoms with Crippen molar-refractivity contribution in [2.24, 2.45) is 0 Å². The summed E-state index contributed by atoms with van der Waals surface area (Å²) in [7, 11) is 1.63. The van der Waals surface area contributed by atoms with Gasteiger partial charge in [0.05, 0.1) is 5.69 Å². The van der Waals surface area contributed by atoms with E-state index < -0.39 is 5.97 Å². The number of aliphatic carboxylic acids is 1. The van der Waals surface area contributed by atoms with Crippen LogP contribution in [0.15, 0.2) is 24.3 Å². The molecule has 6 heteroatoms. The Morgan fingerprint density at radius 2 is 2.18 bits per heavy atom. The maximum absolute atomic E-state index is 13.4. The number of carboxylic acid groups (broad SMARTS) is 1. The maximum atomic E-state index is 13.4. The first-order valence-corrected chi connectivity index (χ1v) is 7.05. The monoisotopic (exact) mass is 306 g/mol. The van der Waals surface area contributed by atoms with Crippen LogP contribution in [0.3, 0.4) is 0 Å². The Kier molecular flexibility index (Phi) is 5.27. The van der Waals surface area contributed by atoms with Crippen LogP contribution in [0, 0.1) is 12.7 Å². The number of carbonyl (C=O) groups is 1. The molecule has 2 rings (SSSR count). The second kappa shape index (κ2) is 7.17. The lowest BCUT2D eigenvalue weighted by Gasteiger charge is -2.04. The highest BCUT2D eigenvalue weighted by Gasteiger charge is 2.12. The first-order valence-electron chi connectivity index (χ1n) is 7.05. The molecular weight excluding hydrogens is 287 g/mol. The first kappa shape index (κ1) is 16.2. The molecule has 0 saturated heterocycles. The van der Waals surface area contributed by atoms with E-state index in [4.69, 9.17) is 9.84 Å². The number of methoxy groups -OCH3 is 1. The second-order valence-corrected chi connectivity index (χ2v) is 5.13. The van der Waals surface area contributed by atoms with Crippen LogP contribution in [0.4, 0.5) is 4.39 Å². The number of carboxylic acids is 1. The van der Waals surface area contributed by atoms with Gasteiger partial charge in [-0.1, -0.05) is 0 Å². The molecule has 0 amide bonds. The predicted octanol–water partition coefficient (Wildman–Crippen LogP) is 2.66. The van der Waals surface area contributed by atoms with Crippen LogP contribution >= 0.6 is 0 Å². The zero-order chi connectivity index (χ0) is 16.1. The number of hydrogen-bond donors (Lipinski definition) is 1. The minimum Gasteiger partial charge on any atom is -0.480 e. The van der Waals surface area contributed by atoms with Crippen LogP contribution in [0.1, 0.15) is 17.7 Å². The third-order valence-corrected chi connectivity index (χ3v) is 3.38. The standard InChI is InChI=1S/C16H19FN2O3/c1-11-8-12(5-6-14(11)17)15-9-13(4-3-7-22-2)19(18-15)10-16(20)21/h5-6,8-9H,3-4,7,10H2,1-2H3,(H,20,21). The number of aromatic nitrogens is 2. The molecule has 1 aromatic carbocycles.